The summed E-state index contributed by atoms with van der Waals surface area (Å²) >= 11 is 0. The van der Waals surface area contributed by atoms with Crippen LogP contribution in [0.25, 0.3) is 0 Å². The zero-order valence-electron chi connectivity index (χ0n) is 7.14. The highest BCUT2D eigenvalue weighted by molar-refractivity contribution is 4.88. The van der Waals surface area contributed by atoms with Crippen molar-refractivity contribution < 1.29 is 0 Å². The largest absolute Gasteiger partial charge is 0.313 e. The summed E-state index contributed by atoms with van der Waals surface area (Å²) in [5, 5.41) is 3.44. The van der Waals surface area contributed by atoms with Gasteiger partial charge in [0.15, 0.2) is 0 Å². The van der Waals surface area contributed by atoms with Crippen LogP contribution in [0.15, 0.2) is 0 Å². The van der Waals surface area contributed by atoms with Gasteiger partial charge in [-0.25, -0.2) is 0 Å². The summed E-state index contributed by atoms with van der Waals surface area (Å²) in [5.41, 5.74) is 0. The van der Waals surface area contributed by atoms with E-state index in [1.165, 1.54) is 19.4 Å². The molecule has 1 fully saturated rings. The molecule has 2 nitrogen and oxygen atoms in total. The Kier molecular flexibility index (Phi) is 3.41. The topological polar surface area (TPSA) is 15.3 Å². The van der Waals surface area contributed by atoms with Crippen LogP contribution in [0.2, 0.25) is 0 Å². The van der Waals surface area contributed by atoms with Crippen molar-refractivity contribution in [1.29, 1.82) is 0 Å². The van der Waals surface area contributed by atoms with Crippen LogP contribution in [0.4, 0.5) is 0 Å². The minimum Gasteiger partial charge on any atom is -0.313 e. The second-order valence-corrected chi connectivity index (χ2v) is 3.19. The minimum absolute atomic E-state index is 0.674. The Morgan fingerprint density at radius 2 is 2.55 bits per heavy atom. The fourth-order valence-corrected chi connectivity index (χ4v) is 1.51. The maximum absolute atomic E-state index is 5.19. The average Bonchev–Trinajstić information content (AvgIpc) is 2.40. The quantitative estimate of drug-likeness (QED) is 0.585. The molecule has 0 bridgehead atoms. The molecule has 0 saturated carbocycles. The van der Waals surface area contributed by atoms with Gasteiger partial charge in [0.05, 0.1) is 6.54 Å². The molecule has 11 heavy (non-hydrogen) atoms. The molecule has 1 aliphatic heterocycles. The number of likely N-dealkylation sites (N-methyl/N-ethyl adjacent to an activating group) is 1. The zero-order chi connectivity index (χ0) is 8.10. The van der Waals surface area contributed by atoms with Gasteiger partial charge < -0.3 is 5.32 Å². The van der Waals surface area contributed by atoms with Gasteiger partial charge in [0.25, 0.3) is 0 Å². The van der Waals surface area contributed by atoms with Crippen LogP contribution in [0.5, 0.6) is 0 Å². The minimum atomic E-state index is 0.674. The number of nitrogens with one attached hydrogen (secondary N) is 1. The van der Waals surface area contributed by atoms with E-state index in [0.29, 0.717) is 6.04 Å². The molecule has 0 aromatic carbocycles. The molecule has 0 amide bonds. The maximum atomic E-state index is 5.19. The molecule has 2 heteroatoms. The summed E-state index contributed by atoms with van der Waals surface area (Å²) in [6, 6.07) is 0.674. The Morgan fingerprint density at radius 1 is 1.73 bits per heavy atom. The lowest BCUT2D eigenvalue weighted by Gasteiger charge is -2.18. The summed E-state index contributed by atoms with van der Waals surface area (Å²) in [4.78, 5) is 2.18. The first-order valence-electron chi connectivity index (χ1n) is 4.18. The van der Waals surface area contributed by atoms with Crippen molar-refractivity contribution in [2.45, 2.75) is 18.9 Å². The fourth-order valence-electron chi connectivity index (χ4n) is 1.51. The molecule has 0 aliphatic carbocycles. The van der Waals surface area contributed by atoms with Crippen molar-refractivity contribution in [3.05, 3.63) is 0 Å². The molecule has 1 aliphatic rings. The third kappa shape index (κ3) is 2.92. The van der Waals surface area contributed by atoms with Crippen molar-refractivity contribution in [3.8, 4) is 12.3 Å². The summed E-state index contributed by atoms with van der Waals surface area (Å²) in [5.74, 6) is 2.64. The van der Waals surface area contributed by atoms with Crippen LogP contribution in [0.3, 0.4) is 0 Å². The van der Waals surface area contributed by atoms with Crippen LogP contribution in [-0.4, -0.2) is 37.6 Å². The lowest BCUT2D eigenvalue weighted by molar-refractivity contribution is 0.332. The molecule has 0 radical (unpaired) electrons. The van der Waals surface area contributed by atoms with E-state index in [1.807, 2.05) is 0 Å². The predicted molar refractivity (Wildman–Crippen MR) is 47.4 cm³/mol. The van der Waals surface area contributed by atoms with E-state index in [9.17, 15) is 0 Å². The Morgan fingerprint density at radius 3 is 3.09 bits per heavy atom. The Balaban J connectivity index is 2.14. The smallest absolute Gasteiger partial charge is 0.0596 e. The van der Waals surface area contributed by atoms with Crippen LogP contribution < -0.4 is 5.32 Å². The van der Waals surface area contributed by atoms with Crippen molar-refractivity contribution in [2.75, 3.05) is 26.7 Å². The van der Waals surface area contributed by atoms with Gasteiger partial charge in [-0.2, -0.15) is 0 Å². The average molecular weight is 152 g/mol. The lowest BCUT2D eigenvalue weighted by Crippen LogP contribution is -2.35. The van der Waals surface area contributed by atoms with E-state index in [-0.39, 0.29) is 0 Å². The molecule has 1 heterocycles. The van der Waals surface area contributed by atoms with Crippen molar-refractivity contribution in [1.82, 2.24) is 10.2 Å². The van der Waals surface area contributed by atoms with Gasteiger partial charge in [-0.15, -0.1) is 6.42 Å². The van der Waals surface area contributed by atoms with Gasteiger partial charge in [0.2, 0.25) is 0 Å². The first-order valence-corrected chi connectivity index (χ1v) is 4.18. The third-order valence-electron chi connectivity index (χ3n) is 2.06. The first kappa shape index (κ1) is 8.58. The molecule has 1 saturated heterocycles. The van der Waals surface area contributed by atoms with E-state index in [0.717, 1.165) is 13.1 Å². The number of hydrogen-bond acceptors (Lipinski definition) is 2. The van der Waals surface area contributed by atoms with Crippen molar-refractivity contribution >= 4 is 0 Å². The van der Waals surface area contributed by atoms with Gasteiger partial charge in [-0.1, -0.05) is 5.92 Å². The van der Waals surface area contributed by atoms with Gasteiger partial charge in [0.1, 0.15) is 0 Å². The fraction of sp³-hybridized carbons (Fsp3) is 0.778. The summed E-state index contributed by atoms with van der Waals surface area (Å²) in [7, 11) is 2.07. The lowest BCUT2D eigenvalue weighted by atomic mass is 10.2. The van der Waals surface area contributed by atoms with Gasteiger partial charge in [0, 0.05) is 12.6 Å². The molecular formula is C9H16N2. The highest BCUT2D eigenvalue weighted by Gasteiger charge is 2.14. The highest BCUT2D eigenvalue weighted by atomic mass is 15.1. The number of hydrogen-bond donors (Lipinski definition) is 1. The molecule has 1 atom stereocenters. The second-order valence-electron chi connectivity index (χ2n) is 3.19. The molecule has 0 aromatic heterocycles. The Labute approximate surface area is 69.0 Å². The Bertz CT molecular complexity index is 142. The first-order chi connectivity index (χ1) is 5.33. The van der Waals surface area contributed by atoms with E-state index in [4.69, 9.17) is 6.42 Å². The van der Waals surface area contributed by atoms with E-state index in [1.54, 1.807) is 0 Å². The van der Waals surface area contributed by atoms with Crippen LogP contribution in [0, 0.1) is 12.3 Å². The molecule has 1 N–H and O–H groups in total. The van der Waals surface area contributed by atoms with Crippen molar-refractivity contribution in [2.24, 2.45) is 0 Å². The number of rotatable bonds is 3. The maximum Gasteiger partial charge on any atom is 0.0596 e. The van der Waals surface area contributed by atoms with Crippen LogP contribution >= 0.6 is 0 Å². The molecule has 0 aromatic rings. The van der Waals surface area contributed by atoms with Gasteiger partial charge in [-0.05, 0) is 26.4 Å². The van der Waals surface area contributed by atoms with Crippen LogP contribution in [-0.2, 0) is 0 Å². The molecule has 62 valence electrons. The molecule has 0 spiro atoms. The summed E-state index contributed by atoms with van der Waals surface area (Å²) in [6.45, 7) is 3.02. The summed E-state index contributed by atoms with van der Waals surface area (Å²) < 4.78 is 0. The van der Waals surface area contributed by atoms with Gasteiger partial charge in [-0.3, -0.25) is 4.90 Å². The monoisotopic (exact) mass is 152 g/mol. The second kappa shape index (κ2) is 4.38. The third-order valence-corrected chi connectivity index (χ3v) is 2.06. The predicted octanol–water partition coefficient (Wildman–Crippen LogP) is 0.303. The van der Waals surface area contributed by atoms with Crippen molar-refractivity contribution in [3.63, 3.8) is 0 Å². The van der Waals surface area contributed by atoms with E-state index in [2.05, 4.69) is 23.2 Å². The van der Waals surface area contributed by atoms with E-state index >= 15 is 0 Å². The SMILES string of the molecule is C#CCN(C)C[C@@H]1CCCN1. The zero-order valence-corrected chi connectivity index (χ0v) is 7.14. The normalized spacial score (nSPS) is 23.9. The number of terminal acetylenes is 1. The molecule has 1 rings (SSSR count). The Hall–Kier alpha value is -0.520. The molecule has 0 unspecified atom stereocenters. The highest BCUT2D eigenvalue weighted by Crippen LogP contribution is 2.05. The molecular weight excluding hydrogens is 136 g/mol. The van der Waals surface area contributed by atoms with Crippen LogP contribution in [0.1, 0.15) is 12.8 Å². The standard InChI is InChI=1S/C9H16N2/c1-3-7-11(2)8-9-5-4-6-10-9/h1,9-10H,4-8H2,2H3/t9-/m0/s1. The van der Waals surface area contributed by atoms with Gasteiger partial charge >= 0.3 is 0 Å². The number of nitrogens with zero attached hydrogens (tertiary/aromatic N) is 1. The summed E-state index contributed by atoms with van der Waals surface area (Å²) in [6.07, 6.45) is 7.81. The van der Waals surface area contributed by atoms with E-state index < -0.39 is 0 Å².